The molecule has 0 unspecified atom stereocenters. The predicted molar refractivity (Wildman–Crippen MR) is 76.1 cm³/mol. The Labute approximate surface area is 125 Å². The third kappa shape index (κ3) is 2.89. The van der Waals surface area contributed by atoms with Crippen molar-refractivity contribution in [3.05, 3.63) is 32.1 Å². The molecule has 0 N–H and O–H groups in total. The van der Waals surface area contributed by atoms with Crippen molar-refractivity contribution in [2.45, 2.75) is 6.92 Å². The molecule has 0 aliphatic heterocycles. The summed E-state index contributed by atoms with van der Waals surface area (Å²) >= 11 is 5.53. The molecule has 18 heavy (non-hydrogen) atoms. The average molecular weight is 423 g/mol. The van der Waals surface area contributed by atoms with Gasteiger partial charge in [-0.05, 0) is 52.9 Å². The molecule has 0 fully saturated rings. The van der Waals surface area contributed by atoms with Gasteiger partial charge in [0.1, 0.15) is 0 Å². The smallest absolute Gasteiger partial charge is 0.379 e. The molecule has 0 saturated heterocycles. The van der Waals surface area contributed by atoms with E-state index in [2.05, 4.69) is 48.7 Å². The fourth-order valence-electron chi connectivity index (χ4n) is 1.27. The van der Waals surface area contributed by atoms with Crippen LogP contribution in [-0.4, -0.2) is 22.7 Å². The van der Waals surface area contributed by atoms with E-state index in [1.807, 2.05) is 18.2 Å². The maximum absolute atomic E-state index is 11.4. The third-order valence-corrected chi connectivity index (χ3v) is 3.48. The lowest BCUT2D eigenvalue weighted by atomic mass is 10.2. The number of rotatable bonds is 3. The highest BCUT2D eigenvalue weighted by Crippen LogP contribution is 2.27. The minimum absolute atomic E-state index is 0.0670. The number of benzene rings is 1. The number of hydrogen-bond acceptors (Lipinski definition) is 5. The fourth-order valence-corrected chi connectivity index (χ4v) is 2.20. The van der Waals surface area contributed by atoms with Gasteiger partial charge in [-0.15, -0.1) is 0 Å². The number of carbonyl (C=O) groups excluding carboxylic acids is 1. The molecule has 0 atom stereocenters. The Morgan fingerprint density at radius 3 is 3.06 bits per heavy atom. The molecule has 0 aliphatic rings. The molecular weight excluding hydrogens is 415 g/mol. The van der Waals surface area contributed by atoms with Crippen molar-refractivity contribution < 1.29 is 14.1 Å². The highest BCUT2D eigenvalue weighted by atomic mass is 127. The van der Waals surface area contributed by atoms with Crippen LogP contribution in [0.4, 0.5) is 0 Å². The van der Waals surface area contributed by atoms with E-state index >= 15 is 0 Å². The van der Waals surface area contributed by atoms with Gasteiger partial charge in [-0.3, -0.25) is 0 Å². The van der Waals surface area contributed by atoms with Crippen LogP contribution in [0.15, 0.2) is 27.2 Å². The van der Waals surface area contributed by atoms with Crippen LogP contribution in [0, 0.1) is 3.57 Å². The highest BCUT2D eigenvalue weighted by Gasteiger charge is 2.18. The molecule has 1 aromatic carbocycles. The van der Waals surface area contributed by atoms with Crippen LogP contribution < -0.4 is 0 Å². The zero-order chi connectivity index (χ0) is 13.1. The van der Waals surface area contributed by atoms with Gasteiger partial charge < -0.3 is 9.26 Å². The minimum atomic E-state index is -0.586. The van der Waals surface area contributed by atoms with Crippen LogP contribution >= 0.6 is 38.5 Å². The zero-order valence-electron chi connectivity index (χ0n) is 9.31. The number of ether oxygens (including phenoxy) is 1. The quantitative estimate of drug-likeness (QED) is 0.561. The lowest BCUT2D eigenvalue weighted by Gasteiger charge is -1.99. The van der Waals surface area contributed by atoms with Gasteiger partial charge in [-0.2, -0.15) is 4.98 Å². The average Bonchev–Trinajstić information content (AvgIpc) is 2.82. The Bertz CT molecular complexity index is 585. The first-order valence-corrected chi connectivity index (χ1v) is 6.95. The van der Waals surface area contributed by atoms with Gasteiger partial charge in [-0.1, -0.05) is 15.9 Å². The van der Waals surface area contributed by atoms with E-state index in [1.54, 1.807) is 6.92 Å². The first-order valence-electron chi connectivity index (χ1n) is 5.08. The van der Waals surface area contributed by atoms with Crippen LogP contribution in [-0.2, 0) is 4.74 Å². The molecule has 2 aromatic rings. The minimum Gasteiger partial charge on any atom is -0.460 e. The van der Waals surface area contributed by atoms with Gasteiger partial charge in [-0.25, -0.2) is 4.79 Å². The molecule has 2 rings (SSSR count). The van der Waals surface area contributed by atoms with Gasteiger partial charge in [0.15, 0.2) is 0 Å². The third-order valence-electron chi connectivity index (χ3n) is 2.04. The van der Waals surface area contributed by atoms with Crippen molar-refractivity contribution in [3.63, 3.8) is 0 Å². The van der Waals surface area contributed by atoms with Crippen molar-refractivity contribution in [3.8, 4) is 11.5 Å². The summed E-state index contributed by atoms with van der Waals surface area (Å²) in [7, 11) is 0. The molecule has 94 valence electrons. The van der Waals surface area contributed by atoms with E-state index in [0.717, 1.165) is 13.6 Å². The van der Waals surface area contributed by atoms with Crippen molar-refractivity contribution in [2.24, 2.45) is 0 Å². The highest BCUT2D eigenvalue weighted by molar-refractivity contribution is 14.1. The Balaban J connectivity index is 2.35. The SMILES string of the molecule is CCOC(=O)c1noc(-c2cc(Br)ccc2I)n1. The molecule has 1 aromatic heterocycles. The normalized spacial score (nSPS) is 10.4. The number of aromatic nitrogens is 2. The molecular formula is C11H8BrIN2O3. The lowest BCUT2D eigenvalue weighted by Crippen LogP contribution is -2.06. The summed E-state index contributed by atoms with van der Waals surface area (Å²) in [5.41, 5.74) is 0.771. The van der Waals surface area contributed by atoms with E-state index in [4.69, 9.17) is 9.26 Å². The molecule has 0 aliphatic carbocycles. The Morgan fingerprint density at radius 2 is 2.33 bits per heavy atom. The number of halogens is 2. The molecule has 0 amide bonds. The molecule has 0 radical (unpaired) electrons. The van der Waals surface area contributed by atoms with Gasteiger partial charge in [0.2, 0.25) is 0 Å². The van der Waals surface area contributed by atoms with Crippen molar-refractivity contribution in [2.75, 3.05) is 6.61 Å². The van der Waals surface area contributed by atoms with E-state index < -0.39 is 5.97 Å². The second-order valence-corrected chi connectivity index (χ2v) is 5.35. The van der Waals surface area contributed by atoms with E-state index in [1.165, 1.54) is 0 Å². The summed E-state index contributed by atoms with van der Waals surface area (Å²) in [6.07, 6.45) is 0. The van der Waals surface area contributed by atoms with Crippen molar-refractivity contribution >= 4 is 44.5 Å². The summed E-state index contributed by atoms with van der Waals surface area (Å²) in [4.78, 5) is 15.4. The number of esters is 1. The largest absolute Gasteiger partial charge is 0.460 e. The standard InChI is InChI=1S/C11H8BrIN2O3/c1-2-17-11(16)9-14-10(18-15-9)7-5-6(12)3-4-8(7)13/h3-5H,2H2,1H3. The molecule has 0 saturated carbocycles. The fraction of sp³-hybridized carbons (Fsp3) is 0.182. The Kier molecular flexibility index (Phi) is 4.33. The molecule has 7 heteroatoms. The molecule has 0 bridgehead atoms. The lowest BCUT2D eigenvalue weighted by molar-refractivity contribution is 0.0508. The maximum Gasteiger partial charge on any atom is 0.379 e. The van der Waals surface area contributed by atoms with Crippen LogP contribution in [0.1, 0.15) is 17.5 Å². The van der Waals surface area contributed by atoms with Crippen LogP contribution in [0.25, 0.3) is 11.5 Å². The summed E-state index contributed by atoms with van der Waals surface area (Å²) in [5.74, 6) is -0.358. The summed E-state index contributed by atoms with van der Waals surface area (Å²) in [6, 6.07) is 5.67. The monoisotopic (exact) mass is 422 g/mol. The number of nitrogens with zero attached hydrogens (tertiary/aromatic N) is 2. The van der Waals surface area contributed by atoms with Gasteiger partial charge in [0.25, 0.3) is 11.7 Å². The second-order valence-electron chi connectivity index (χ2n) is 3.27. The topological polar surface area (TPSA) is 65.2 Å². The summed E-state index contributed by atoms with van der Waals surface area (Å²) in [5, 5.41) is 3.60. The molecule has 1 heterocycles. The van der Waals surface area contributed by atoms with Gasteiger partial charge in [0, 0.05) is 8.04 Å². The summed E-state index contributed by atoms with van der Waals surface area (Å²) < 4.78 is 11.7. The van der Waals surface area contributed by atoms with Crippen LogP contribution in [0.5, 0.6) is 0 Å². The van der Waals surface area contributed by atoms with E-state index in [-0.39, 0.29) is 12.4 Å². The molecule has 5 nitrogen and oxygen atoms in total. The first kappa shape index (κ1) is 13.5. The Morgan fingerprint density at radius 1 is 1.56 bits per heavy atom. The Hall–Kier alpha value is -0.960. The molecule has 0 spiro atoms. The van der Waals surface area contributed by atoms with E-state index in [0.29, 0.717) is 5.89 Å². The van der Waals surface area contributed by atoms with E-state index in [9.17, 15) is 4.79 Å². The maximum atomic E-state index is 11.4. The first-order chi connectivity index (χ1) is 8.61. The van der Waals surface area contributed by atoms with Crippen molar-refractivity contribution in [1.82, 2.24) is 10.1 Å². The van der Waals surface area contributed by atoms with Crippen molar-refractivity contribution in [1.29, 1.82) is 0 Å². The number of hydrogen-bond donors (Lipinski definition) is 0. The second kappa shape index (κ2) is 5.79. The van der Waals surface area contributed by atoms with Gasteiger partial charge >= 0.3 is 5.97 Å². The summed E-state index contributed by atoms with van der Waals surface area (Å²) in [6.45, 7) is 1.99. The van der Waals surface area contributed by atoms with Crippen LogP contribution in [0.2, 0.25) is 0 Å². The zero-order valence-corrected chi connectivity index (χ0v) is 13.1. The van der Waals surface area contributed by atoms with Crippen LogP contribution in [0.3, 0.4) is 0 Å². The predicted octanol–water partition coefficient (Wildman–Crippen LogP) is 3.28. The number of carbonyl (C=O) groups is 1. The van der Waals surface area contributed by atoms with Gasteiger partial charge in [0.05, 0.1) is 12.2 Å².